The summed E-state index contributed by atoms with van der Waals surface area (Å²) in [7, 11) is 0. The van der Waals surface area contributed by atoms with Crippen molar-refractivity contribution in [3.63, 3.8) is 0 Å². The topological polar surface area (TPSA) is 0 Å². The Balaban J connectivity index is 1.96. The SMILES string of the molecule is Fc1ccc(SCC2(CS)CCC2)cc1F. The van der Waals surface area contributed by atoms with Crippen molar-refractivity contribution in [1.82, 2.24) is 0 Å². The fourth-order valence-corrected chi connectivity index (χ4v) is 3.62. The molecule has 0 spiro atoms. The van der Waals surface area contributed by atoms with Crippen LogP contribution < -0.4 is 0 Å². The number of hydrogen-bond acceptors (Lipinski definition) is 2. The third kappa shape index (κ3) is 2.54. The summed E-state index contributed by atoms with van der Waals surface area (Å²) in [6, 6.07) is 4.09. The summed E-state index contributed by atoms with van der Waals surface area (Å²) in [5.74, 6) is 0.279. The molecule has 1 aliphatic rings. The van der Waals surface area contributed by atoms with E-state index in [4.69, 9.17) is 0 Å². The normalized spacial score (nSPS) is 18.2. The van der Waals surface area contributed by atoms with Gasteiger partial charge in [0.15, 0.2) is 11.6 Å². The summed E-state index contributed by atoms with van der Waals surface area (Å²) < 4.78 is 25.7. The predicted octanol–water partition coefficient (Wildman–Crippen LogP) is 4.16. The standard InChI is InChI=1S/C12H14F2S2/c13-10-3-2-9(6-11(10)14)16-8-12(7-15)4-1-5-12/h2-3,6,15H,1,4-5,7-8H2. The zero-order valence-corrected chi connectivity index (χ0v) is 10.6. The first-order valence-corrected chi connectivity index (χ1v) is 6.96. The van der Waals surface area contributed by atoms with Crippen LogP contribution in [0, 0.1) is 17.0 Å². The van der Waals surface area contributed by atoms with Gasteiger partial charge in [0.2, 0.25) is 0 Å². The Bertz CT molecular complexity index is 370. The quantitative estimate of drug-likeness (QED) is 0.626. The Morgan fingerprint density at radius 2 is 2.00 bits per heavy atom. The number of benzene rings is 1. The van der Waals surface area contributed by atoms with Crippen LogP contribution in [0.25, 0.3) is 0 Å². The maximum absolute atomic E-state index is 13.0. The molecule has 1 saturated carbocycles. The molecule has 0 N–H and O–H groups in total. The average molecular weight is 260 g/mol. The minimum atomic E-state index is -0.781. The van der Waals surface area contributed by atoms with Crippen LogP contribution >= 0.6 is 24.4 Å². The monoisotopic (exact) mass is 260 g/mol. The second-order valence-corrected chi connectivity index (χ2v) is 5.74. The molecule has 0 aliphatic heterocycles. The maximum atomic E-state index is 13.0. The van der Waals surface area contributed by atoms with Crippen LogP contribution in [0.1, 0.15) is 19.3 Å². The van der Waals surface area contributed by atoms with E-state index in [-0.39, 0.29) is 0 Å². The molecule has 88 valence electrons. The lowest BCUT2D eigenvalue weighted by molar-refractivity contribution is 0.205. The lowest BCUT2D eigenvalue weighted by Crippen LogP contribution is -2.33. The molecule has 1 aromatic rings. The van der Waals surface area contributed by atoms with Gasteiger partial charge in [0.05, 0.1) is 0 Å². The molecule has 1 fully saturated rings. The van der Waals surface area contributed by atoms with Gasteiger partial charge in [-0.3, -0.25) is 0 Å². The highest BCUT2D eigenvalue weighted by molar-refractivity contribution is 7.99. The molecule has 0 saturated heterocycles. The Labute approximate surface area is 104 Å². The second-order valence-electron chi connectivity index (χ2n) is 4.38. The van der Waals surface area contributed by atoms with Gasteiger partial charge in [-0.05, 0) is 42.2 Å². The maximum Gasteiger partial charge on any atom is 0.159 e. The summed E-state index contributed by atoms with van der Waals surface area (Å²) in [4.78, 5) is 0.798. The van der Waals surface area contributed by atoms with Gasteiger partial charge in [0, 0.05) is 10.6 Å². The van der Waals surface area contributed by atoms with Gasteiger partial charge >= 0.3 is 0 Å². The molecule has 16 heavy (non-hydrogen) atoms. The van der Waals surface area contributed by atoms with Crippen LogP contribution in [0.3, 0.4) is 0 Å². The largest absolute Gasteiger partial charge is 0.204 e. The smallest absolute Gasteiger partial charge is 0.159 e. The fourth-order valence-electron chi connectivity index (χ4n) is 1.83. The molecule has 0 bridgehead atoms. The van der Waals surface area contributed by atoms with Crippen molar-refractivity contribution in [1.29, 1.82) is 0 Å². The van der Waals surface area contributed by atoms with Crippen molar-refractivity contribution in [3.8, 4) is 0 Å². The Kier molecular flexibility index (Phi) is 3.80. The molecule has 1 aliphatic carbocycles. The Hall–Kier alpha value is -0.220. The van der Waals surface area contributed by atoms with Crippen LogP contribution in [-0.2, 0) is 0 Å². The van der Waals surface area contributed by atoms with Crippen molar-refractivity contribution < 1.29 is 8.78 Å². The van der Waals surface area contributed by atoms with E-state index in [0.29, 0.717) is 5.41 Å². The first kappa shape index (κ1) is 12.2. The van der Waals surface area contributed by atoms with E-state index in [2.05, 4.69) is 12.6 Å². The molecule has 0 amide bonds. The second kappa shape index (κ2) is 4.96. The molecule has 0 radical (unpaired) electrons. The van der Waals surface area contributed by atoms with Gasteiger partial charge in [0.1, 0.15) is 0 Å². The fraction of sp³-hybridized carbons (Fsp3) is 0.500. The number of thioether (sulfide) groups is 1. The van der Waals surface area contributed by atoms with E-state index < -0.39 is 11.6 Å². The third-order valence-electron chi connectivity index (χ3n) is 3.19. The molecular formula is C12H14F2S2. The Morgan fingerprint density at radius 1 is 1.25 bits per heavy atom. The van der Waals surface area contributed by atoms with E-state index in [1.807, 2.05) is 0 Å². The number of thiol groups is 1. The van der Waals surface area contributed by atoms with Gasteiger partial charge in [-0.1, -0.05) is 6.42 Å². The molecule has 0 nitrogen and oxygen atoms in total. The van der Waals surface area contributed by atoms with Gasteiger partial charge < -0.3 is 0 Å². The van der Waals surface area contributed by atoms with Gasteiger partial charge in [-0.15, -0.1) is 11.8 Å². The molecule has 2 rings (SSSR count). The molecule has 0 atom stereocenters. The minimum absolute atomic E-state index is 0.318. The lowest BCUT2D eigenvalue weighted by atomic mass is 9.72. The first-order chi connectivity index (χ1) is 7.65. The summed E-state index contributed by atoms with van der Waals surface area (Å²) in [6.07, 6.45) is 3.67. The van der Waals surface area contributed by atoms with E-state index in [0.717, 1.165) is 16.4 Å². The van der Waals surface area contributed by atoms with Crippen LogP contribution in [0.5, 0.6) is 0 Å². The zero-order valence-electron chi connectivity index (χ0n) is 8.88. The number of rotatable bonds is 4. The number of halogens is 2. The summed E-state index contributed by atoms with van der Waals surface area (Å²) in [6.45, 7) is 0. The van der Waals surface area contributed by atoms with Crippen LogP contribution in [0.4, 0.5) is 8.78 Å². The number of hydrogen-bond donors (Lipinski definition) is 1. The minimum Gasteiger partial charge on any atom is -0.204 e. The van der Waals surface area contributed by atoms with Crippen LogP contribution in [0.15, 0.2) is 23.1 Å². The van der Waals surface area contributed by atoms with E-state index in [1.54, 1.807) is 17.8 Å². The molecule has 0 unspecified atom stereocenters. The Morgan fingerprint density at radius 3 is 2.50 bits per heavy atom. The highest BCUT2D eigenvalue weighted by Crippen LogP contribution is 2.45. The van der Waals surface area contributed by atoms with Gasteiger partial charge in [-0.2, -0.15) is 12.6 Å². The summed E-state index contributed by atoms with van der Waals surface area (Å²) in [5.41, 5.74) is 0.318. The molecule has 0 heterocycles. The van der Waals surface area contributed by atoms with E-state index in [1.165, 1.54) is 31.4 Å². The van der Waals surface area contributed by atoms with Crippen molar-refractivity contribution >= 4 is 24.4 Å². The molecular weight excluding hydrogens is 246 g/mol. The molecule has 4 heteroatoms. The highest BCUT2D eigenvalue weighted by Gasteiger charge is 2.35. The van der Waals surface area contributed by atoms with Crippen LogP contribution in [0.2, 0.25) is 0 Å². The van der Waals surface area contributed by atoms with E-state index in [9.17, 15) is 8.78 Å². The summed E-state index contributed by atoms with van der Waals surface area (Å²) >= 11 is 5.96. The van der Waals surface area contributed by atoms with Crippen molar-refractivity contribution in [2.24, 2.45) is 5.41 Å². The molecule has 1 aromatic carbocycles. The molecule has 0 aromatic heterocycles. The van der Waals surface area contributed by atoms with Crippen molar-refractivity contribution in [3.05, 3.63) is 29.8 Å². The van der Waals surface area contributed by atoms with Crippen molar-refractivity contribution in [2.75, 3.05) is 11.5 Å². The van der Waals surface area contributed by atoms with Gasteiger partial charge in [-0.25, -0.2) is 8.78 Å². The lowest BCUT2D eigenvalue weighted by Gasteiger charge is -2.40. The van der Waals surface area contributed by atoms with Gasteiger partial charge in [0.25, 0.3) is 0 Å². The summed E-state index contributed by atoms with van der Waals surface area (Å²) in [5, 5.41) is 0. The first-order valence-electron chi connectivity index (χ1n) is 5.34. The third-order valence-corrected chi connectivity index (χ3v) is 5.20. The zero-order chi connectivity index (χ0) is 11.6. The van der Waals surface area contributed by atoms with Crippen LogP contribution in [-0.4, -0.2) is 11.5 Å². The highest BCUT2D eigenvalue weighted by atomic mass is 32.2. The predicted molar refractivity (Wildman–Crippen MR) is 67.2 cm³/mol. The average Bonchev–Trinajstić information content (AvgIpc) is 2.22. The van der Waals surface area contributed by atoms with E-state index >= 15 is 0 Å². The van der Waals surface area contributed by atoms with Crippen molar-refractivity contribution in [2.45, 2.75) is 24.2 Å².